The maximum absolute atomic E-state index is 12.5. The van der Waals surface area contributed by atoms with Gasteiger partial charge in [0.15, 0.2) is 0 Å². The Morgan fingerprint density at radius 1 is 0.667 bits per heavy atom. The summed E-state index contributed by atoms with van der Waals surface area (Å²) < 4.78 is 172. The molecule has 6 atom stereocenters. The van der Waals surface area contributed by atoms with Gasteiger partial charge in [-0.05, 0) is 69.1 Å². The number of fused-ring (bicyclic) bond motifs is 4. The number of carbonyl (C=O) groups excluding carboxylic acids is 3. The van der Waals surface area contributed by atoms with Crippen LogP contribution in [-0.2, 0) is 24.8 Å². The van der Waals surface area contributed by atoms with E-state index >= 15 is 0 Å². The summed E-state index contributed by atoms with van der Waals surface area (Å²) in [6.45, 7) is 1.76. The van der Waals surface area contributed by atoms with Gasteiger partial charge in [0, 0.05) is 13.3 Å². The van der Waals surface area contributed by atoms with Gasteiger partial charge >= 0.3 is 40.9 Å². The molecule has 0 aliphatic heterocycles. The van der Waals surface area contributed by atoms with Crippen LogP contribution in [0.1, 0.15) is 66.1 Å². The molecular weight excluding hydrogens is 676 g/mol. The van der Waals surface area contributed by atoms with Crippen molar-refractivity contribution in [3.05, 3.63) is 0 Å². The molecule has 21 heteroatoms. The quantitative estimate of drug-likeness (QED) is 0.221. The lowest BCUT2D eigenvalue weighted by Gasteiger charge is -2.33. The molecular formula is C24H32F12O8S. The Kier molecular flexibility index (Phi) is 13.1. The van der Waals surface area contributed by atoms with Gasteiger partial charge in [-0.3, -0.25) is 23.5 Å². The SMILES string of the molecule is CC(=O)C1CC2CCC1C2.O=C(C(F)(F)F)C(F)(F)F.O=C(CC(O)(C(F)(F)F)C(F)(F)F)C1CC2CCC1C2.O=S(=O)(O)O.[2HH]. The van der Waals surface area contributed by atoms with E-state index in [4.69, 9.17) is 22.6 Å². The molecule has 0 saturated heterocycles. The molecule has 4 fully saturated rings. The Morgan fingerprint density at radius 3 is 1.18 bits per heavy atom. The van der Waals surface area contributed by atoms with Gasteiger partial charge < -0.3 is 5.11 Å². The first-order chi connectivity index (χ1) is 19.9. The Bertz CT molecular complexity index is 1130. The molecule has 0 aromatic carbocycles. The van der Waals surface area contributed by atoms with E-state index < -0.39 is 64.6 Å². The first kappa shape index (κ1) is 41.0. The summed E-state index contributed by atoms with van der Waals surface area (Å²) in [7, 11) is -4.67. The zero-order valence-corrected chi connectivity index (χ0v) is 24.0. The number of halogens is 12. The van der Waals surface area contributed by atoms with Crippen molar-refractivity contribution in [2.24, 2.45) is 35.5 Å². The van der Waals surface area contributed by atoms with Crippen molar-refractivity contribution in [3.8, 4) is 0 Å². The van der Waals surface area contributed by atoms with Crippen LogP contribution in [0, 0.1) is 35.5 Å². The minimum absolute atomic E-state index is 0. The molecule has 6 unspecified atom stereocenters. The number of Topliss-reactive ketones (excluding diaryl/α,β-unsaturated/α-hetero) is 3. The van der Waals surface area contributed by atoms with Crippen LogP contribution in [0.4, 0.5) is 52.7 Å². The molecule has 8 nitrogen and oxygen atoms in total. The maximum atomic E-state index is 12.5. The molecule has 0 heterocycles. The van der Waals surface area contributed by atoms with Crippen molar-refractivity contribution >= 4 is 27.7 Å². The standard InChI is InChI=1S/C12H14F6O2.C9H14O.C3F6O.H2O4S.H2/c13-11(14,15)10(20,12(16,17)18)5-9(19)8-4-6-1-2-7(8)3-6;1-6(10)9-5-7-2-3-8(9)4-7;4-2(5,6)1(10)3(7,8)9;1-5(2,3)4;/h6-8,20H,1-5H2;7-9H,2-5H2,1H3;;(H2,1,2,3,4);1H/i;;;;1+1. The predicted octanol–water partition coefficient (Wildman–Crippen LogP) is 6.52. The molecule has 3 N–H and O–H groups in total. The summed E-state index contributed by atoms with van der Waals surface area (Å²) in [4.78, 5) is 32.1. The van der Waals surface area contributed by atoms with Crippen LogP contribution in [0.3, 0.4) is 0 Å². The highest BCUT2D eigenvalue weighted by Crippen LogP contribution is 2.52. The summed E-state index contributed by atoms with van der Waals surface area (Å²) >= 11 is 0. The van der Waals surface area contributed by atoms with Gasteiger partial charge in [-0.25, -0.2) is 0 Å². The zero-order valence-electron chi connectivity index (χ0n) is 23.2. The van der Waals surface area contributed by atoms with Gasteiger partial charge in [-0.15, -0.1) is 0 Å². The highest BCUT2D eigenvalue weighted by Gasteiger charge is 2.71. The molecule has 4 aliphatic rings. The molecule has 4 aliphatic carbocycles. The van der Waals surface area contributed by atoms with Crippen molar-refractivity contribution < 1.29 is 91.1 Å². The minimum atomic E-state index is -5.92. The van der Waals surface area contributed by atoms with Gasteiger partial charge in [0.1, 0.15) is 11.6 Å². The Hall–Kier alpha value is -2.00. The van der Waals surface area contributed by atoms with Crippen LogP contribution in [0.25, 0.3) is 0 Å². The number of carbonyl (C=O) groups is 3. The van der Waals surface area contributed by atoms with Crippen LogP contribution < -0.4 is 0 Å². The summed E-state index contributed by atoms with van der Waals surface area (Å²) in [5.74, 6) is -2.90. The average Bonchev–Trinajstić information content (AvgIpc) is 3.62. The molecule has 0 aromatic heterocycles. The third kappa shape index (κ3) is 11.9. The molecule has 4 saturated carbocycles. The van der Waals surface area contributed by atoms with Gasteiger partial charge in [-0.2, -0.15) is 61.1 Å². The van der Waals surface area contributed by atoms with Crippen molar-refractivity contribution in [2.75, 3.05) is 0 Å². The number of alkyl halides is 12. The van der Waals surface area contributed by atoms with Crippen molar-refractivity contribution in [2.45, 2.75) is 95.0 Å². The van der Waals surface area contributed by atoms with Gasteiger partial charge in [-0.1, -0.05) is 12.8 Å². The van der Waals surface area contributed by atoms with Gasteiger partial charge in [0.2, 0.25) is 0 Å². The van der Waals surface area contributed by atoms with Crippen LogP contribution in [0.2, 0.25) is 0 Å². The lowest BCUT2D eigenvalue weighted by Crippen LogP contribution is -2.58. The number of hydrogen-bond donors (Lipinski definition) is 3. The van der Waals surface area contributed by atoms with Gasteiger partial charge in [0.25, 0.3) is 5.60 Å². The number of aliphatic hydroxyl groups is 1. The van der Waals surface area contributed by atoms with E-state index in [9.17, 15) is 67.1 Å². The average molecular weight is 710 g/mol. The first-order valence-electron chi connectivity index (χ1n) is 13.2. The third-order valence-electron chi connectivity index (χ3n) is 8.29. The normalized spacial score (nSPS) is 27.8. The molecule has 0 spiro atoms. The van der Waals surface area contributed by atoms with E-state index in [1.807, 2.05) is 0 Å². The van der Waals surface area contributed by atoms with Crippen LogP contribution in [0.15, 0.2) is 0 Å². The third-order valence-corrected chi connectivity index (χ3v) is 8.29. The smallest absolute Gasteiger partial charge is 0.373 e. The highest BCUT2D eigenvalue weighted by molar-refractivity contribution is 7.79. The molecule has 45 heavy (non-hydrogen) atoms. The fraction of sp³-hybridized carbons (Fsp3) is 0.875. The monoisotopic (exact) mass is 709 g/mol. The second-order valence-corrected chi connectivity index (χ2v) is 12.3. The number of ketones is 3. The fourth-order valence-electron chi connectivity index (χ4n) is 6.29. The first-order valence-corrected chi connectivity index (χ1v) is 14.5. The largest absolute Gasteiger partial charge is 0.459 e. The van der Waals surface area contributed by atoms with Crippen LogP contribution in [-0.4, -0.2) is 70.3 Å². The van der Waals surface area contributed by atoms with Crippen molar-refractivity contribution in [3.63, 3.8) is 0 Å². The van der Waals surface area contributed by atoms with Crippen LogP contribution >= 0.6 is 0 Å². The number of hydrogen-bond acceptors (Lipinski definition) is 6. The van der Waals surface area contributed by atoms with E-state index in [1.54, 1.807) is 6.92 Å². The van der Waals surface area contributed by atoms with E-state index in [1.165, 1.54) is 25.7 Å². The lowest BCUT2D eigenvalue weighted by molar-refractivity contribution is -0.367. The summed E-state index contributed by atoms with van der Waals surface area (Å²) in [5, 5.41) is 9.01. The van der Waals surface area contributed by atoms with E-state index in [0.29, 0.717) is 31.0 Å². The maximum Gasteiger partial charge on any atom is 0.459 e. The summed E-state index contributed by atoms with van der Waals surface area (Å²) in [6.07, 6.45) is -17.6. The molecule has 0 radical (unpaired) electrons. The molecule has 0 aromatic rings. The predicted molar refractivity (Wildman–Crippen MR) is 129 cm³/mol. The summed E-state index contributed by atoms with van der Waals surface area (Å²) in [5.41, 5.74) is -4.95. The van der Waals surface area contributed by atoms with E-state index in [2.05, 4.69) is 0 Å². The molecule has 266 valence electrons. The highest BCUT2D eigenvalue weighted by atomic mass is 32.3. The Morgan fingerprint density at radius 2 is 1.00 bits per heavy atom. The second kappa shape index (κ2) is 14.4. The van der Waals surface area contributed by atoms with Gasteiger partial charge in [0.05, 0.1) is 6.42 Å². The number of rotatable bonds is 4. The van der Waals surface area contributed by atoms with Crippen molar-refractivity contribution in [1.29, 1.82) is 0 Å². The van der Waals surface area contributed by atoms with Crippen LogP contribution in [0.5, 0.6) is 0 Å². The Labute approximate surface area is 250 Å². The van der Waals surface area contributed by atoms with E-state index in [0.717, 1.165) is 18.3 Å². The Balaban J connectivity index is 0.000000657. The fourth-order valence-corrected chi connectivity index (χ4v) is 6.29. The lowest BCUT2D eigenvalue weighted by atomic mass is 9.81. The van der Waals surface area contributed by atoms with Crippen molar-refractivity contribution in [1.82, 2.24) is 0 Å². The molecule has 4 bridgehead atoms. The zero-order chi connectivity index (χ0) is 35.6. The molecule has 4 rings (SSSR count). The second-order valence-electron chi connectivity index (χ2n) is 11.4. The molecule has 0 amide bonds. The minimum Gasteiger partial charge on any atom is -0.373 e. The summed E-state index contributed by atoms with van der Waals surface area (Å²) in [6, 6.07) is 0. The topological polar surface area (TPSA) is 146 Å². The van der Waals surface area contributed by atoms with E-state index in [-0.39, 0.29) is 13.3 Å².